The molecule has 0 aliphatic heterocycles. The van der Waals surface area contributed by atoms with Crippen molar-refractivity contribution in [2.75, 3.05) is 17.6 Å². The number of hydrogen-bond acceptors (Lipinski definition) is 6. The van der Waals surface area contributed by atoms with Crippen LogP contribution in [0, 0.1) is 23.0 Å². The highest BCUT2D eigenvalue weighted by Crippen LogP contribution is 2.22. The summed E-state index contributed by atoms with van der Waals surface area (Å²) >= 11 is 0. The van der Waals surface area contributed by atoms with Gasteiger partial charge in [-0.25, -0.2) is 13.5 Å². The van der Waals surface area contributed by atoms with Crippen LogP contribution in [0.15, 0.2) is 46.9 Å². The first-order valence-electron chi connectivity index (χ1n) is 8.88. The molecule has 0 unspecified atom stereocenters. The Hall–Kier alpha value is -3.93. The van der Waals surface area contributed by atoms with E-state index in [1.54, 1.807) is 12.1 Å². The van der Waals surface area contributed by atoms with E-state index in [2.05, 4.69) is 21.5 Å². The number of nitrogens with one attached hydrogen (secondary N) is 1. The van der Waals surface area contributed by atoms with Crippen molar-refractivity contribution in [1.29, 1.82) is 5.26 Å². The first kappa shape index (κ1) is 18.4. The van der Waals surface area contributed by atoms with Crippen LogP contribution in [-0.2, 0) is 6.42 Å². The van der Waals surface area contributed by atoms with Gasteiger partial charge in [0.1, 0.15) is 34.6 Å². The number of fused-ring (bicyclic) bond motifs is 1. The topological polar surface area (TPSA) is 106 Å². The predicted octanol–water partition coefficient (Wildman–Crippen LogP) is 3.79. The number of rotatable bonds is 6. The van der Waals surface area contributed by atoms with E-state index in [4.69, 9.17) is 10.2 Å². The van der Waals surface area contributed by atoms with Crippen molar-refractivity contribution in [2.45, 2.75) is 12.8 Å². The molecule has 7 nitrogen and oxygen atoms in total. The summed E-state index contributed by atoms with van der Waals surface area (Å²) in [5.74, 6) is -0.535. The van der Waals surface area contributed by atoms with Crippen molar-refractivity contribution in [3.8, 4) is 11.8 Å². The van der Waals surface area contributed by atoms with E-state index < -0.39 is 0 Å². The summed E-state index contributed by atoms with van der Waals surface area (Å²) in [7, 11) is 0. The van der Waals surface area contributed by atoms with Gasteiger partial charge in [0.05, 0.1) is 11.4 Å². The number of nitrogen functional groups attached to an aromatic ring is 1. The molecule has 2 aromatic heterocycles. The van der Waals surface area contributed by atoms with Gasteiger partial charge >= 0.3 is 0 Å². The van der Waals surface area contributed by atoms with Crippen LogP contribution in [0.2, 0.25) is 0 Å². The average Bonchev–Trinajstić information content (AvgIpc) is 3.25. The highest BCUT2D eigenvalue weighted by Gasteiger charge is 2.16. The molecule has 146 valence electrons. The Morgan fingerprint density at radius 2 is 1.90 bits per heavy atom. The minimum absolute atomic E-state index is 0.211. The van der Waals surface area contributed by atoms with Crippen LogP contribution in [0.4, 0.5) is 20.6 Å². The number of nitriles is 1. The second-order valence-corrected chi connectivity index (χ2v) is 6.37. The summed E-state index contributed by atoms with van der Waals surface area (Å²) in [5.41, 5.74) is 8.40. The van der Waals surface area contributed by atoms with Crippen LogP contribution < -0.4 is 11.1 Å². The molecule has 29 heavy (non-hydrogen) atoms. The van der Waals surface area contributed by atoms with Gasteiger partial charge in [0.2, 0.25) is 0 Å². The lowest BCUT2D eigenvalue weighted by molar-refractivity contribution is 0.608. The zero-order valence-electron chi connectivity index (χ0n) is 15.2. The van der Waals surface area contributed by atoms with Crippen molar-refractivity contribution < 1.29 is 13.2 Å². The molecule has 2 aromatic carbocycles. The second kappa shape index (κ2) is 7.59. The smallest absolute Gasteiger partial charge is 0.295 e. The summed E-state index contributed by atoms with van der Waals surface area (Å²) in [6.45, 7) is 0.503. The van der Waals surface area contributed by atoms with Gasteiger partial charge in [0, 0.05) is 12.6 Å². The number of aryl methyl sites for hydroxylation is 1. The molecule has 3 N–H and O–H groups in total. The van der Waals surface area contributed by atoms with Crippen LogP contribution in [-0.4, -0.2) is 21.3 Å². The van der Waals surface area contributed by atoms with E-state index in [0.717, 1.165) is 0 Å². The summed E-state index contributed by atoms with van der Waals surface area (Å²) in [6.07, 6.45) is 1.12. The molecule has 0 saturated carbocycles. The second-order valence-electron chi connectivity index (χ2n) is 6.37. The molecular formula is C20H16F2N6O. The van der Waals surface area contributed by atoms with E-state index in [1.165, 1.54) is 35.0 Å². The van der Waals surface area contributed by atoms with E-state index in [0.29, 0.717) is 53.4 Å². The molecule has 9 heteroatoms. The van der Waals surface area contributed by atoms with Crippen molar-refractivity contribution in [2.24, 2.45) is 0 Å². The maximum atomic E-state index is 13.2. The molecule has 4 aromatic rings. The summed E-state index contributed by atoms with van der Waals surface area (Å²) in [4.78, 5) is 4.18. The molecule has 0 spiro atoms. The third-order valence-corrected chi connectivity index (χ3v) is 4.39. The molecule has 0 atom stereocenters. The zero-order chi connectivity index (χ0) is 20.4. The Morgan fingerprint density at radius 1 is 1.14 bits per heavy atom. The molecule has 0 fully saturated rings. The monoisotopic (exact) mass is 394 g/mol. The lowest BCUT2D eigenvalue weighted by Crippen LogP contribution is -2.04. The SMILES string of the molecule is N#Cc1c(CCCNc2nc3cc(F)ccc3o2)nn(-c2ccc(F)cc2)c1N. The Morgan fingerprint density at radius 3 is 2.66 bits per heavy atom. The normalized spacial score (nSPS) is 10.9. The largest absolute Gasteiger partial charge is 0.424 e. The molecule has 4 rings (SSSR count). The van der Waals surface area contributed by atoms with Crippen LogP contribution in [0.5, 0.6) is 0 Å². The number of benzene rings is 2. The van der Waals surface area contributed by atoms with Gasteiger partial charge in [0.25, 0.3) is 6.01 Å². The van der Waals surface area contributed by atoms with Gasteiger partial charge in [-0.2, -0.15) is 15.3 Å². The molecule has 0 radical (unpaired) electrons. The fourth-order valence-electron chi connectivity index (χ4n) is 2.98. The number of nitrogens with two attached hydrogens (primary N) is 1. The first-order valence-corrected chi connectivity index (χ1v) is 8.88. The minimum Gasteiger partial charge on any atom is -0.424 e. The van der Waals surface area contributed by atoms with Gasteiger partial charge in [0.15, 0.2) is 5.58 Å². The lowest BCUT2D eigenvalue weighted by atomic mass is 10.1. The summed E-state index contributed by atoms with van der Waals surface area (Å²) in [6, 6.07) is 12.2. The molecule has 0 saturated heterocycles. The average molecular weight is 394 g/mol. The number of anilines is 2. The van der Waals surface area contributed by atoms with E-state index >= 15 is 0 Å². The lowest BCUT2D eigenvalue weighted by Gasteiger charge is -2.03. The van der Waals surface area contributed by atoms with Gasteiger partial charge in [-0.3, -0.25) is 0 Å². The van der Waals surface area contributed by atoms with Crippen LogP contribution in [0.25, 0.3) is 16.8 Å². The van der Waals surface area contributed by atoms with Crippen molar-refractivity contribution in [3.63, 3.8) is 0 Å². The van der Waals surface area contributed by atoms with E-state index in [-0.39, 0.29) is 17.5 Å². The Bertz CT molecular complexity index is 1210. The fraction of sp³-hybridized carbons (Fsp3) is 0.150. The van der Waals surface area contributed by atoms with Crippen LogP contribution in [0.1, 0.15) is 17.7 Å². The van der Waals surface area contributed by atoms with Crippen LogP contribution in [0.3, 0.4) is 0 Å². The zero-order valence-corrected chi connectivity index (χ0v) is 15.2. The number of halogens is 2. The van der Waals surface area contributed by atoms with Crippen LogP contribution >= 0.6 is 0 Å². The number of aromatic nitrogens is 3. The third kappa shape index (κ3) is 3.73. The summed E-state index contributed by atoms with van der Waals surface area (Å²) < 4.78 is 33.3. The third-order valence-electron chi connectivity index (χ3n) is 4.39. The van der Waals surface area contributed by atoms with Gasteiger partial charge < -0.3 is 15.5 Å². The Labute approximate surface area is 164 Å². The fourth-order valence-corrected chi connectivity index (χ4v) is 2.98. The molecule has 0 aliphatic rings. The van der Waals surface area contributed by atoms with Crippen molar-refractivity contribution in [3.05, 3.63) is 65.4 Å². The maximum Gasteiger partial charge on any atom is 0.295 e. The molecule has 0 amide bonds. The molecular weight excluding hydrogens is 378 g/mol. The van der Waals surface area contributed by atoms with Crippen molar-refractivity contribution in [1.82, 2.24) is 14.8 Å². The molecule has 0 bridgehead atoms. The van der Waals surface area contributed by atoms with Gasteiger partial charge in [-0.1, -0.05) is 0 Å². The van der Waals surface area contributed by atoms with Gasteiger partial charge in [-0.15, -0.1) is 0 Å². The standard InChI is InChI=1S/C20H16F2N6O/c21-12-3-6-14(7-4-12)28-19(24)15(11-23)16(27-28)2-1-9-25-20-26-17-10-13(22)5-8-18(17)29-20/h3-8,10H,1-2,9,24H2,(H,25,26). The van der Waals surface area contributed by atoms with Crippen molar-refractivity contribution >= 4 is 22.9 Å². The number of oxazole rings is 1. The summed E-state index contributed by atoms with van der Waals surface area (Å²) in [5, 5.41) is 16.9. The molecule has 2 heterocycles. The quantitative estimate of drug-likeness (QED) is 0.482. The van der Waals surface area contributed by atoms with E-state index in [1.807, 2.05) is 0 Å². The number of nitrogens with zero attached hydrogens (tertiary/aromatic N) is 4. The predicted molar refractivity (Wildman–Crippen MR) is 103 cm³/mol. The number of hydrogen-bond donors (Lipinski definition) is 2. The maximum absolute atomic E-state index is 13.2. The highest BCUT2D eigenvalue weighted by atomic mass is 19.1. The highest BCUT2D eigenvalue weighted by molar-refractivity contribution is 5.74. The van der Waals surface area contributed by atoms with E-state index in [9.17, 15) is 14.0 Å². The first-order chi connectivity index (χ1) is 14.0. The Kier molecular flexibility index (Phi) is 4.83. The molecule has 0 aliphatic carbocycles. The van der Waals surface area contributed by atoms with Gasteiger partial charge in [-0.05, 0) is 49.2 Å². The minimum atomic E-state index is -0.379. The Balaban J connectivity index is 1.43.